The van der Waals surface area contributed by atoms with Crippen molar-refractivity contribution in [1.29, 1.82) is 0 Å². The van der Waals surface area contributed by atoms with Crippen LogP contribution in [0.5, 0.6) is 0 Å². The Kier molecular flexibility index (Phi) is 3.58. The number of hydrogen-bond donors (Lipinski definition) is 2. The van der Waals surface area contributed by atoms with Gasteiger partial charge in [0.1, 0.15) is 5.82 Å². The highest BCUT2D eigenvalue weighted by Gasteiger charge is 2.54. The summed E-state index contributed by atoms with van der Waals surface area (Å²) in [6.07, 6.45) is 2.72. The number of nitrogen functional groups attached to an aromatic ring is 1. The topological polar surface area (TPSA) is 86.5 Å². The maximum absolute atomic E-state index is 12.2. The van der Waals surface area contributed by atoms with Crippen molar-refractivity contribution in [1.82, 2.24) is 10.3 Å². The fourth-order valence-electron chi connectivity index (χ4n) is 3.21. The third-order valence-corrected chi connectivity index (χ3v) is 4.23. The first-order chi connectivity index (χ1) is 9.70. The lowest BCUT2D eigenvalue weighted by Crippen LogP contribution is -2.62. The number of fused-ring (bicyclic) bond motifs is 1. The van der Waals surface area contributed by atoms with Gasteiger partial charge in [0.05, 0.1) is 18.3 Å². The maximum Gasteiger partial charge on any atom is 0.253 e. The number of aromatic nitrogens is 1. The van der Waals surface area contributed by atoms with Crippen LogP contribution < -0.4 is 11.1 Å². The van der Waals surface area contributed by atoms with Crippen molar-refractivity contribution < 1.29 is 14.3 Å². The lowest BCUT2D eigenvalue weighted by Gasteiger charge is -2.47. The van der Waals surface area contributed by atoms with Crippen LogP contribution in [0.1, 0.15) is 16.8 Å². The first-order valence-corrected chi connectivity index (χ1v) is 6.83. The molecule has 0 unspecified atom stereocenters. The van der Waals surface area contributed by atoms with Gasteiger partial charge >= 0.3 is 0 Å². The number of ether oxygens (including phenoxy) is 2. The van der Waals surface area contributed by atoms with Gasteiger partial charge in [0.15, 0.2) is 0 Å². The highest BCUT2D eigenvalue weighted by molar-refractivity contribution is 5.94. The van der Waals surface area contributed by atoms with Crippen LogP contribution in [-0.2, 0) is 9.47 Å². The molecule has 1 saturated heterocycles. The Morgan fingerprint density at radius 1 is 1.60 bits per heavy atom. The highest BCUT2D eigenvalue weighted by Crippen LogP contribution is 2.43. The molecule has 1 amide bonds. The number of nitrogens with one attached hydrogen (secondary N) is 1. The molecule has 0 radical (unpaired) electrons. The van der Waals surface area contributed by atoms with Gasteiger partial charge in [-0.25, -0.2) is 4.98 Å². The Bertz CT molecular complexity index is 491. The molecule has 20 heavy (non-hydrogen) atoms. The van der Waals surface area contributed by atoms with Crippen LogP contribution in [-0.4, -0.2) is 43.4 Å². The standard InChI is InChI=1S/C14H19N3O3/c1-19-7-10-12(9-4-5-20-13(9)10)17-14(18)8-2-3-11(15)16-6-8/h2-3,6,9-10,12-13H,4-5,7H2,1H3,(H2,15,16)(H,17,18)/t9-,10+,12+,13-/m1/s1. The minimum Gasteiger partial charge on any atom is -0.384 e. The Labute approximate surface area is 117 Å². The number of anilines is 1. The van der Waals surface area contributed by atoms with E-state index in [4.69, 9.17) is 15.2 Å². The van der Waals surface area contributed by atoms with E-state index < -0.39 is 0 Å². The summed E-state index contributed by atoms with van der Waals surface area (Å²) < 4.78 is 10.9. The average Bonchev–Trinajstić information content (AvgIpc) is 2.87. The lowest BCUT2D eigenvalue weighted by atomic mass is 9.67. The normalized spacial score (nSPS) is 31.4. The van der Waals surface area contributed by atoms with Crippen LogP contribution in [0.15, 0.2) is 18.3 Å². The molecule has 2 fully saturated rings. The van der Waals surface area contributed by atoms with Crippen molar-refractivity contribution in [2.75, 3.05) is 26.1 Å². The van der Waals surface area contributed by atoms with E-state index in [0.717, 1.165) is 13.0 Å². The first kappa shape index (κ1) is 13.3. The summed E-state index contributed by atoms with van der Waals surface area (Å²) in [5, 5.41) is 3.08. The summed E-state index contributed by atoms with van der Waals surface area (Å²) in [5.74, 6) is 0.930. The number of nitrogens with zero attached hydrogens (tertiary/aromatic N) is 1. The second-order valence-corrected chi connectivity index (χ2v) is 5.38. The van der Waals surface area contributed by atoms with E-state index in [0.29, 0.717) is 23.9 Å². The van der Waals surface area contributed by atoms with Crippen LogP contribution >= 0.6 is 0 Å². The lowest BCUT2D eigenvalue weighted by molar-refractivity contribution is -0.0809. The molecule has 1 aliphatic carbocycles. The molecule has 1 aliphatic heterocycles. The second-order valence-electron chi connectivity index (χ2n) is 5.38. The Hall–Kier alpha value is -1.66. The van der Waals surface area contributed by atoms with Gasteiger partial charge < -0.3 is 20.5 Å². The predicted octanol–water partition coefficient (Wildman–Crippen LogP) is 0.443. The van der Waals surface area contributed by atoms with E-state index in [-0.39, 0.29) is 24.0 Å². The van der Waals surface area contributed by atoms with Crippen LogP contribution in [0.2, 0.25) is 0 Å². The largest absolute Gasteiger partial charge is 0.384 e. The van der Waals surface area contributed by atoms with Gasteiger partial charge in [-0.2, -0.15) is 0 Å². The number of carbonyl (C=O) groups excluding carboxylic acids is 1. The van der Waals surface area contributed by atoms with Crippen molar-refractivity contribution in [3.05, 3.63) is 23.9 Å². The molecule has 0 aromatic carbocycles. The SMILES string of the molecule is COC[C@H]1[C@@H](NC(=O)c2ccc(N)nc2)[C@H]2CCO[C@H]21. The summed E-state index contributed by atoms with van der Waals surface area (Å²) in [4.78, 5) is 16.2. The zero-order valence-corrected chi connectivity index (χ0v) is 11.4. The molecule has 6 heteroatoms. The van der Waals surface area contributed by atoms with Crippen LogP contribution in [0, 0.1) is 11.8 Å². The van der Waals surface area contributed by atoms with E-state index in [9.17, 15) is 4.79 Å². The molecule has 108 valence electrons. The Balaban J connectivity index is 1.67. The molecule has 6 nitrogen and oxygen atoms in total. The monoisotopic (exact) mass is 277 g/mol. The fourth-order valence-corrected chi connectivity index (χ4v) is 3.21. The number of nitrogens with two attached hydrogens (primary N) is 1. The molecule has 0 bridgehead atoms. The van der Waals surface area contributed by atoms with Gasteiger partial charge in [-0.05, 0) is 18.6 Å². The summed E-state index contributed by atoms with van der Waals surface area (Å²) in [5.41, 5.74) is 6.05. The molecule has 1 aromatic heterocycles. The Morgan fingerprint density at radius 2 is 2.45 bits per heavy atom. The number of pyridine rings is 1. The average molecular weight is 277 g/mol. The highest BCUT2D eigenvalue weighted by atomic mass is 16.5. The molecule has 3 N–H and O–H groups in total. The number of amides is 1. The maximum atomic E-state index is 12.2. The van der Waals surface area contributed by atoms with Gasteiger partial charge in [0, 0.05) is 37.8 Å². The molecule has 0 spiro atoms. The number of methoxy groups -OCH3 is 1. The van der Waals surface area contributed by atoms with Gasteiger partial charge in [-0.1, -0.05) is 0 Å². The minimum absolute atomic E-state index is 0.117. The van der Waals surface area contributed by atoms with Crippen molar-refractivity contribution in [3.8, 4) is 0 Å². The predicted molar refractivity (Wildman–Crippen MR) is 73.1 cm³/mol. The van der Waals surface area contributed by atoms with Gasteiger partial charge in [0.25, 0.3) is 5.91 Å². The second kappa shape index (κ2) is 5.38. The van der Waals surface area contributed by atoms with E-state index >= 15 is 0 Å². The van der Waals surface area contributed by atoms with Crippen LogP contribution in [0.3, 0.4) is 0 Å². The summed E-state index contributed by atoms with van der Waals surface area (Å²) in [6, 6.07) is 3.43. The molecule has 3 rings (SSSR count). The third-order valence-electron chi connectivity index (χ3n) is 4.23. The fraction of sp³-hybridized carbons (Fsp3) is 0.571. The van der Waals surface area contributed by atoms with Crippen molar-refractivity contribution >= 4 is 11.7 Å². The molecule has 1 aromatic rings. The number of hydrogen-bond acceptors (Lipinski definition) is 5. The number of rotatable bonds is 4. The Morgan fingerprint density at radius 3 is 3.15 bits per heavy atom. The van der Waals surface area contributed by atoms with Gasteiger partial charge in [0.2, 0.25) is 0 Å². The van der Waals surface area contributed by atoms with E-state index in [1.54, 1.807) is 19.2 Å². The zero-order chi connectivity index (χ0) is 14.1. The van der Waals surface area contributed by atoms with E-state index in [1.165, 1.54) is 6.20 Å². The molecule has 2 aliphatic rings. The van der Waals surface area contributed by atoms with Crippen LogP contribution in [0.25, 0.3) is 0 Å². The van der Waals surface area contributed by atoms with E-state index in [2.05, 4.69) is 10.3 Å². The summed E-state index contributed by atoms with van der Waals surface area (Å²) in [6.45, 7) is 1.37. The number of carbonyl (C=O) groups is 1. The third kappa shape index (κ3) is 2.25. The summed E-state index contributed by atoms with van der Waals surface area (Å²) >= 11 is 0. The van der Waals surface area contributed by atoms with Gasteiger partial charge in [-0.15, -0.1) is 0 Å². The molecule has 2 heterocycles. The van der Waals surface area contributed by atoms with E-state index in [1.807, 2.05) is 0 Å². The van der Waals surface area contributed by atoms with Crippen molar-refractivity contribution in [3.63, 3.8) is 0 Å². The van der Waals surface area contributed by atoms with Crippen molar-refractivity contribution in [2.45, 2.75) is 18.6 Å². The molecular weight excluding hydrogens is 258 g/mol. The molecule has 1 saturated carbocycles. The van der Waals surface area contributed by atoms with Crippen LogP contribution in [0.4, 0.5) is 5.82 Å². The molecular formula is C14H19N3O3. The first-order valence-electron chi connectivity index (χ1n) is 6.83. The van der Waals surface area contributed by atoms with Gasteiger partial charge in [-0.3, -0.25) is 4.79 Å². The minimum atomic E-state index is -0.117. The summed E-state index contributed by atoms with van der Waals surface area (Å²) in [7, 11) is 1.67. The van der Waals surface area contributed by atoms with Crippen molar-refractivity contribution in [2.24, 2.45) is 11.8 Å². The zero-order valence-electron chi connectivity index (χ0n) is 11.4. The smallest absolute Gasteiger partial charge is 0.253 e. The quantitative estimate of drug-likeness (QED) is 0.834. The molecule has 4 atom stereocenters.